The van der Waals surface area contributed by atoms with Crippen molar-refractivity contribution in [2.75, 3.05) is 39.6 Å². The van der Waals surface area contributed by atoms with Crippen LogP contribution in [0.1, 0.15) is 316 Å². The van der Waals surface area contributed by atoms with Crippen LogP contribution in [0.2, 0.25) is 0 Å². The molecule has 0 spiro atoms. The zero-order chi connectivity index (χ0) is 76.6. The number of hydrogen-bond acceptors (Lipinski definition) is 14. The van der Waals surface area contributed by atoms with Crippen molar-refractivity contribution in [3.05, 3.63) is 158 Å². The monoisotopic (exact) mass is 1510 g/mol. The quantitative estimate of drug-likeness (QED) is 0.0146. The van der Waals surface area contributed by atoms with Crippen LogP contribution < -0.4 is 0 Å². The largest absolute Gasteiger partial charge is 0.472 e. The highest BCUT2D eigenvalue weighted by atomic mass is 31.2. The maximum Gasteiger partial charge on any atom is 0.472 e. The normalized spacial score (nSPS) is 14.8. The molecule has 0 saturated carbocycles. The number of esters is 3. The molecule has 0 bridgehead atoms. The van der Waals surface area contributed by atoms with Gasteiger partial charge in [-0.05, 0) is 148 Å². The molecule has 0 fully saturated rings. The van der Waals surface area contributed by atoms with Crippen LogP contribution in [0.5, 0.6) is 0 Å². The predicted molar refractivity (Wildman–Crippen MR) is 435 cm³/mol. The number of rotatable bonds is 76. The molecule has 0 aliphatic carbocycles. The number of phosphoric ester groups is 2. The van der Waals surface area contributed by atoms with Gasteiger partial charge >= 0.3 is 33.6 Å². The zero-order valence-corrected chi connectivity index (χ0v) is 67.4. The van der Waals surface area contributed by atoms with Gasteiger partial charge in [-0.3, -0.25) is 32.5 Å². The summed E-state index contributed by atoms with van der Waals surface area (Å²) in [6, 6.07) is 0. The van der Waals surface area contributed by atoms with Gasteiger partial charge in [-0.1, -0.05) is 307 Å². The SMILES string of the molecule is CC/C=C\C/C=C\C/C=C\C/C=C\C/C=C\C/C=C\CCCCCCCCCCCCCCCCC(=O)OCC(O)COP(=O)(O)OCC(O)COP(=O)(O)OCC(COC(=O)CCCCCCCC/C=C\C/C=C\C/C=C\CCCCC)OC(=O)CCCCCC/C=C\C/C=C\C/C=C\C/C=C\CC. The second-order valence-electron chi connectivity index (χ2n) is 26.8. The molecule has 0 aliphatic heterocycles. The number of ether oxygens (including phenoxy) is 3. The average molecular weight is 1510 g/mol. The smallest absolute Gasteiger partial charge is 0.463 e. The van der Waals surface area contributed by atoms with Gasteiger partial charge in [0, 0.05) is 19.3 Å². The molecule has 4 N–H and O–H groups in total. The van der Waals surface area contributed by atoms with Crippen LogP contribution in [0.4, 0.5) is 0 Å². The third-order valence-corrected chi connectivity index (χ3v) is 18.6. The summed E-state index contributed by atoms with van der Waals surface area (Å²) in [5.74, 6) is -1.62. The van der Waals surface area contributed by atoms with Gasteiger partial charge in [0.1, 0.15) is 25.4 Å². The number of allylic oxidation sites excluding steroid dienone is 26. The molecule has 0 saturated heterocycles. The van der Waals surface area contributed by atoms with Crippen molar-refractivity contribution in [1.82, 2.24) is 0 Å². The Balaban J connectivity index is 4.51. The summed E-state index contributed by atoms with van der Waals surface area (Å²) in [4.78, 5) is 58.7. The minimum Gasteiger partial charge on any atom is -0.463 e. The topological polar surface area (TPSA) is 231 Å². The third-order valence-electron chi connectivity index (χ3n) is 16.7. The van der Waals surface area contributed by atoms with Crippen LogP contribution in [-0.2, 0) is 55.8 Å². The van der Waals surface area contributed by atoms with Gasteiger partial charge in [-0.2, -0.15) is 0 Å². The molecule has 0 aliphatic rings. The van der Waals surface area contributed by atoms with Crippen molar-refractivity contribution in [2.45, 2.75) is 334 Å². The molecule has 105 heavy (non-hydrogen) atoms. The molecule has 0 rings (SSSR count). The molecular weight excluding hydrogens is 1360 g/mol. The van der Waals surface area contributed by atoms with Crippen LogP contribution >= 0.6 is 15.6 Å². The van der Waals surface area contributed by atoms with Gasteiger partial charge in [0.2, 0.25) is 0 Å². The first-order valence-corrected chi connectivity index (χ1v) is 43.8. The molecule has 5 atom stereocenters. The molecule has 0 radical (unpaired) electrons. The first-order chi connectivity index (χ1) is 51.2. The van der Waals surface area contributed by atoms with Gasteiger partial charge in [0.25, 0.3) is 0 Å². The summed E-state index contributed by atoms with van der Waals surface area (Å²) in [7, 11) is -9.81. The Morgan fingerprint density at radius 1 is 0.276 bits per heavy atom. The fourth-order valence-corrected chi connectivity index (χ4v) is 12.2. The van der Waals surface area contributed by atoms with Crippen LogP contribution in [0.3, 0.4) is 0 Å². The number of aliphatic hydroxyl groups excluding tert-OH is 2. The Bertz CT molecular complexity index is 2540. The van der Waals surface area contributed by atoms with Gasteiger partial charge < -0.3 is 34.2 Å². The first kappa shape index (κ1) is 100. The lowest BCUT2D eigenvalue weighted by molar-refractivity contribution is -0.161. The van der Waals surface area contributed by atoms with E-state index < -0.39 is 91.5 Å². The van der Waals surface area contributed by atoms with Crippen LogP contribution in [0.25, 0.3) is 0 Å². The lowest BCUT2D eigenvalue weighted by Gasteiger charge is -2.21. The van der Waals surface area contributed by atoms with E-state index in [0.717, 1.165) is 173 Å². The van der Waals surface area contributed by atoms with Gasteiger partial charge in [-0.25, -0.2) is 9.13 Å². The minimum absolute atomic E-state index is 0.0697. The predicted octanol–water partition coefficient (Wildman–Crippen LogP) is 24.2. The van der Waals surface area contributed by atoms with Crippen molar-refractivity contribution >= 4 is 33.6 Å². The van der Waals surface area contributed by atoms with E-state index in [0.29, 0.717) is 19.3 Å². The summed E-state index contributed by atoms with van der Waals surface area (Å²) in [6.45, 7) is 2.39. The molecule has 5 unspecified atom stereocenters. The number of carbonyl (C=O) groups is 3. The van der Waals surface area contributed by atoms with Crippen molar-refractivity contribution in [2.24, 2.45) is 0 Å². The molecule has 16 nitrogen and oxygen atoms in total. The maximum atomic E-state index is 13.0. The lowest BCUT2D eigenvalue weighted by atomic mass is 10.0. The van der Waals surface area contributed by atoms with Gasteiger partial charge in [0.05, 0.1) is 26.4 Å². The fourth-order valence-electron chi connectivity index (χ4n) is 10.6. The van der Waals surface area contributed by atoms with E-state index in [4.69, 9.17) is 32.3 Å². The van der Waals surface area contributed by atoms with E-state index in [1.54, 1.807) is 0 Å². The van der Waals surface area contributed by atoms with Gasteiger partial charge in [-0.15, -0.1) is 0 Å². The van der Waals surface area contributed by atoms with Crippen LogP contribution in [0.15, 0.2) is 158 Å². The highest BCUT2D eigenvalue weighted by Gasteiger charge is 2.29. The van der Waals surface area contributed by atoms with E-state index in [2.05, 4.69) is 179 Å². The Kier molecular flexibility index (Phi) is 75.1. The molecule has 0 aromatic rings. The maximum absolute atomic E-state index is 13.0. The van der Waals surface area contributed by atoms with Crippen LogP contribution in [0, 0.1) is 0 Å². The Morgan fingerprint density at radius 2 is 0.505 bits per heavy atom. The second kappa shape index (κ2) is 78.7. The number of hydrogen-bond donors (Lipinski definition) is 4. The number of phosphoric acid groups is 2. The van der Waals surface area contributed by atoms with E-state index in [1.165, 1.54) is 83.5 Å². The summed E-state index contributed by atoms with van der Waals surface area (Å²) in [5, 5.41) is 20.7. The molecule has 0 aromatic heterocycles. The van der Waals surface area contributed by atoms with Crippen LogP contribution in [-0.4, -0.2) is 95.9 Å². The van der Waals surface area contributed by atoms with E-state index in [-0.39, 0.29) is 19.3 Å². The van der Waals surface area contributed by atoms with Crippen molar-refractivity contribution in [3.63, 3.8) is 0 Å². The van der Waals surface area contributed by atoms with E-state index >= 15 is 0 Å². The fraction of sp³-hybridized carbons (Fsp3) is 0.667. The van der Waals surface area contributed by atoms with Crippen molar-refractivity contribution in [3.8, 4) is 0 Å². The third kappa shape index (κ3) is 80.0. The highest BCUT2D eigenvalue weighted by Crippen LogP contribution is 2.45. The molecule has 0 amide bonds. The molecule has 18 heteroatoms. The van der Waals surface area contributed by atoms with Crippen molar-refractivity contribution < 1.29 is 75.8 Å². The first-order valence-electron chi connectivity index (χ1n) is 40.8. The Labute approximate surface area is 638 Å². The Hall–Kier alpha value is -4.83. The number of carbonyl (C=O) groups excluding carboxylic acids is 3. The second-order valence-corrected chi connectivity index (χ2v) is 29.7. The van der Waals surface area contributed by atoms with Crippen molar-refractivity contribution in [1.29, 1.82) is 0 Å². The number of aliphatic hydroxyl groups is 2. The molecule has 600 valence electrons. The Morgan fingerprint density at radius 3 is 0.800 bits per heavy atom. The van der Waals surface area contributed by atoms with Gasteiger partial charge in [0.15, 0.2) is 6.10 Å². The molecule has 0 heterocycles. The van der Waals surface area contributed by atoms with E-state index in [1.807, 2.05) is 0 Å². The number of unbranched alkanes of at least 4 members (excludes halogenated alkanes) is 27. The minimum atomic E-state index is -4.95. The zero-order valence-electron chi connectivity index (χ0n) is 65.6. The molecule has 0 aromatic carbocycles. The average Bonchev–Trinajstić information content (AvgIpc) is 0.911. The lowest BCUT2D eigenvalue weighted by Crippen LogP contribution is -2.30. The summed E-state index contributed by atoms with van der Waals surface area (Å²) in [5.41, 5.74) is 0. The summed E-state index contributed by atoms with van der Waals surface area (Å²) >= 11 is 0. The summed E-state index contributed by atoms with van der Waals surface area (Å²) in [6.07, 6.45) is 98.7. The highest BCUT2D eigenvalue weighted by molar-refractivity contribution is 7.47. The standard InChI is InChI=1S/C87H146O16P2/c1-4-7-10-13-16-19-22-25-28-31-33-34-35-36-37-38-39-40-41-42-43-44-45-46-48-51-52-55-58-61-64-67-70-73-85(90)97-76-82(88)77-99-104(93,94)100-78-83(89)79-101-105(95,96)102-81-84(103-87(92)75-72-69-66-63-60-57-54-49-30-27-24-21-18-15-12-9-6-3)80-98-86(91)74-71-68-65-62-59-56-53-50-47-32-29-26-23-20-17-14-11-8-5-2/h7,9-10,12,16-21,25-30,33-34,36-37,39-40,47,50,54,57,82-84,88-89H,4-6,8,11,13-15,22-24,31-32,35,38,41-46,48-49,51-53,55-56,58-81H2,1-3H3,(H,93,94)(H,95,96)/b10-7-,12-9-,19-16-,20-17-,21-18-,28-25-,29-26-,30-27-,34-33-,37-36-,40-39-,50-47-,57-54-. The summed E-state index contributed by atoms with van der Waals surface area (Å²) < 4.78 is 61.2. The molecular formula is C87H146O16P2. The van der Waals surface area contributed by atoms with E-state index in [9.17, 15) is 43.5 Å².